The second-order valence-electron chi connectivity index (χ2n) is 2.71. The second kappa shape index (κ2) is 3.57. The van der Waals surface area contributed by atoms with Crippen LogP contribution in [0.5, 0.6) is 0 Å². The summed E-state index contributed by atoms with van der Waals surface area (Å²) in [4.78, 5) is 4.07. The second-order valence-corrected chi connectivity index (χ2v) is 2.71. The normalized spacial score (nSPS) is 26.0. The number of ether oxygens (including phenoxy) is 2. The fraction of sp³-hybridized carbons (Fsp3) is 0.857. The molecular formula is C7H14N2O2. The van der Waals surface area contributed by atoms with Gasteiger partial charge in [0.05, 0.1) is 12.1 Å². The fourth-order valence-corrected chi connectivity index (χ4v) is 1.04. The number of aliphatic imine (C=N–C) groups is 1. The van der Waals surface area contributed by atoms with E-state index in [-0.39, 0.29) is 12.1 Å². The minimum Gasteiger partial charge on any atom is -0.463 e. The van der Waals surface area contributed by atoms with Crippen molar-refractivity contribution >= 4 is 6.02 Å². The van der Waals surface area contributed by atoms with Gasteiger partial charge in [-0.1, -0.05) is 0 Å². The zero-order valence-electron chi connectivity index (χ0n) is 6.91. The van der Waals surface area contributed by atoms with Gasteiger partial charge in [-0.15, -0.1) is 0 Å². The smallest absolute Gasteiger partial charge is 0.282 e. The van der Waals surface area contributed by atoms with E-state index in [1.807, 2.05) is 6.92 Å². The zero-order chi connectivity index (χ0) is 8.27. The van der Waals surface area contributed by atoms with E-state index in [4.69, 9.17) is 15.2 Å². The highest BCUT2D eigenvalue weighted by molar-refractivity contribution is 5.72. The topological polar surface area (TPSA) is 56.8 Å². The third-order valence-electron chi connectivity index (χ3n) is 1.74. The molecule has 4 nitrogen and oxygen atoms in total. The van der Waals surface area contributed by atoms with Crippen LogP contribution >= 0.6 is 0 Å². The van der Waals surface area contributed by atoms with E-state index in [0.29, 0.717) is 12.6 Å². The molecule has 0 aromatic carbocycles. The SMILES string of the molecule is CO[C@@H](C)C[C@H]1COC(N)=N1. The predicted octanol–water partition coefficient (Wildman–Crippen LogP) is 0.125. The van der Waals surface area contributed by atoms with Crippen molar-refractivity contribution in [1.82, 2.24) is 0 Å². The van der Waals surface area contributed by atoms with Crippen LogP contribution in [0.4, 0.5) is 0 Å². The van der Waals surface area contributed by atoms with Gasteiger partial charge < -0.3 is 15.2 Å². The minimum atomic E-state index is 0.185. The molecule has 1 aliphatic rings. The molecule has 0 aromatic heterocycles. The van der Waals surface area contributed by atoms with Crippen LogP contribution in [0.25, 0.3) is 0 Å². The summed E-state index contributed by atoms with van der Waals surface area (Å²) in [5.41, 5.74) is 5.33. The number of methoxy groups -OCH3 is 1. The van der Waals surface area contributed by atoms with E-state index in [1.54, 1.807) is 7.11 Å². The molecule has 0 fully saturated rings. The van der Waals surface area contributed by atoms with E-state index in [9.17, 15) is 0 Å². The Morgan fingerprint density at radius 2 is 2.64 bits per heavy atom. The summed E-state index contributed by atoms with van der Waals surface area (Å²) in [6, 6.07) is 0.489. The third kappa shape index (κ3) is 2.38. The first-order valence-corrected chi connectivity index (χ1v) is 3.71. The monoisotopic (exact) mass is 158 g/mol. The number of hydrogen-bond donors (Lipinski definition) is 1. The standard InChI is InChI=1S/C7H14N2O2/c1-5(10-2)3-6-4-11-7(8)9-6/h5-6H,3-4H2,1-2H3,(H2,8,9)/t5-,6-/m0/s1. The molecule has 0 radical (unpaired) electrons. The van der Waals surface area contributed by atoms with Crippen molar-refractivity contribution in [3.05, 3.63) is 0 Å². The number of hydrogen-bond acceptors (Lipinski definition) is 4. The number of nitrogens with two attached hydrogens (primary N) is 1. The fourth-order valence-electron chi connectivity index (χ4n) is 1.04. The van der Waals surface area contributed by atoms with Crippen molar-refractivity contribution in [1.29, 1.82) is 0 Å². The summed E-state index contributed by atoms with van der Waals surface area (Å²) in [6.45, 7) is 2.60. The Bertz CT molecular complexity index is 159. The first kappa shape index (κ1) is 8.33. The van der Waals surface area contributed by atoms with Crippen molar-refractivity contribution in [2.75, 3.05) is 13.7 Å². The minimum absolute atomic E-state index is 0.185. The largest absolute Gasteiger partial charge is 0.463 e. The third-order valence-corrected chi connectivity index (χ3v) is 1.74. The number of amidine groups is 1. The van der Waals surface area contributed by atoms with Crippen LogP contribution < -0.4 is 5.73 Å². The van der Waals surface area contributed by atoms with Crippen molar-refractivity contribution in [2.24, 2.45) is 10.7 Å². The highest BCUT2D eigenvalue weighted by Crippen LogP contribution is 2.10. The number of nitrogens with zero attached hydrogens (tertiary/aromatic N) is 1. The average Bonchev–Trinajstić information content (AvgIpc) is 2.35. The van der Waals surface area contributed by atoms with Crippen LogP contribution in [0.15, 0.2) is 4.99 Å². The van der Waals surface area contributed by atoms with E-state index in [1.165, 1.54) is 0 Å². The molecule has 0 spiro atoms. The van der Waals surface area contributed by atoms with Crippen molar-refractivity contribution in [3.63, 3.8) is 0 Å². The molecule has 1 aliphatic heterocycles. The summed E-state index contributed by atoms with van der Waals surface area (Å²) >= 11 is 0. The van der Waals surface area contributed by atoms with Gasteiger partial charge in [0.25, 0.3) is 6.02 Å². The molecule has 11 heavy (non-hydrogen) atoms. The summed E-state index contributed by atoms with van der Waals surface area (Å²) in [5.74, 6) is 0. The lowest BCUT2D eigenvalue weighted by Gasteiger charge is -2.10. The molecule has 0 aliphatic carbocycles. The highest BCUT2D eigenvalue weighted by Gasteiger charge is 2.18. The number of rotatable bonds is 3. The van der Waals surface area contributed by atoms with Gasteiger partial charge in [0.15, 0.2) is 0 Å². The van der Waals surface area contributed by atoms with Crippen LogP contribution in [-0.2, 0) is 9.47 Å². The Kier molecular flexibility index (Phi) is 2.70. The highest BCUT2D eigenvalue weighted by atomic mass is 16.5. The first-order valence-electron chi connectivity index (χ1n) is 3.71. The van der Waals surface area contributed by atoms with Crippen molar-refractivity contribution in [2.45, 2.75) is 25.5 Å². The van der Waals surface area contributed by atoms with E-state index < -0.39 is 0 Å². The van der Waals surface area contributed by atoms with E-state index in [2.05, 4.69) is 4.99 Å². The molecule has 1 heterocycles. The molecule has 0 unspecified atom stereocenters. The molecule has 0 bridgehead atoms. The molecule has 1 rings (SSSR count). The lowest BCUT2D eigenvalue weighted by molar-refractivity contribution is 0.101. The molecule has 0 saturated heterocycles. The predicted molar refractivity (Wildman–Crippen MR) is 42.5 cm³/mol. The Balaban J connectivity index is 2.28. The Labute approximate surface area is 66.4 Å². The van der Waals surface area contributed by atoms with Crippen LogP contribution in [0, 0.1) is 0 Å². The van der Waals surface area contributed by atoms with Gasteiger partial charge in [0.1, 0.15) is 6.61 Å². The Hall–Kier alpha value is -0.770. The summed E-state index contributed by atoms with van der Waals surface area (Å²) in [5, 5.41) is 0. The van der Waals surface area contributed by atoms with Gasteiger partial charge >= 0.3 is 0 Å². The average molecular weight is 158 g/mol. The van der Waals surface area contributed by atoms with Crippen molar-refractivity contribution in [3.8, 4) is 0 Å². The van der Waals surface area contributed by atoms with E-state index in [0.717, 1.165) is 6.42 Å². The molecule has 4 heteroatoms. The van der Waals surface area contributed by atoms with E-state index >= 15 is 0 Å². The summed E-state index contributed by atoms with van der Waals surface area (Å²) < 4.78 is 10.1. The first-order chi connectivity index (χ1) is 5.22. The Morgan fingerprint density at radius 1 is 1.91 bits per heavy atom. The van der Waals surface area contributed by atoms with Gasteiger partial charge in [-0.3, -0.25) is 0 Å². The van der Waals surface area contributed by atoms with Gasteiger partial charge in [-0.05, 0) is 13.3 Å². The van der Waals surface area contributed by atoms with Crippen LogP contribution in [-0.4, -0.2) is 31.9 Å². The lowest BCUT2D eigenvalue weighted by Crippen LogP contribution is -2.16. The van der Waals surface area contributed by atoms with Gasteiger partial charge in [-0.2, -0.15) is 0 Å². The molecule has 0 aromatic rings. The maximum atomic E-state index is 5.33. The molecule has 0 amide bonds. The molecule has 0 saturated carbocycles. The van der Waals surface area contributed by atoms with Gasteiger partial charge in [0.2, 0.25) is 0 Å². The Morgan fingerprint density at radius 3 is 3.09 bits per heavy atom. The zero-order valence-corrected chi connectivity index (χ0v) is 6.91. The van der Waals surface area contributed by atoms with Crippen LogP contribution in [0.3, 0.4) is 0 Å². The van der Waals surface area contributed by atoms with Crippen LogP contribution in [0.1, 0.15) is 13.3 Å². The van der Waals surface area contributed by atoms with Gasteiger partial charge in [0, 0.05) is 7.11 Å². The molecule has 2 N–H and O–H groups in total. The quantitative estimate of drug-likeness (QED) is 0.635. The molecule has 64 valence electrons. The van der Waals surface area contributed by atoms with Crippen molar-refractivity contribution < 1.29 is 9.47 Å². The molecular weight excluding hydrogens is 144 g/mol. The lowest BCUT2D eigenvalue weighted by atomic mass is 10.1. The maximum absolute atomic E-state index is 5.33. The summed E-state index contributed by atoms with van der Waals surface area (Å²) in [6.07, 6.45) is 1.09. The maximum Gasteiger partial charge on any atom is 0.282 e. The molecule has 2 atom stereocenters. The summed E-state index contributed by atoms with van der Waals surface area (Å²) in [7, 11) is 1.69. The van der Waals surface area contributed by atoms with Crippen LogP contribution in [0.2, 0.25) is 0 Å². The van der Waals surface area contributed by atoms with Gasteiger partial charge in [-0.25, -0.2) is 4.99 Å².